The molecule has 4 nitrogen and oxygen atoms in total. The van der Waals surface area contributed by atoms with Gasteiger partial charge in [0.1, 0.15) is 0 Å². The maximum absolute atomic E-state index is 11.8. The average molecular weight is 234 g/mol. The van der Waals surface area contributed by atoms with E-state index < -0.39 is 15.3 Å². The normalized spacial score (nSPS) is 30.1. The highest BCUT2D eigenvalue weighted by Crippen LogP contribution is 2.24. The Labute approximate surface area is 92.7 Å². The second kappa shape index (κ2) is 5.27. The Kier molecular flexibility index (Phi) is 4.55. The molecule has 0 spiro atoms. The topological polar surface area (TPSA) is 72.2 Å². The van der Waals surface area contributed by atoms with E-state index in [1.807, 2.05) is 0 Å². The molecule has 0 bridgehead atoms. The molecule has 15 heavy (non-hydrogen) atoms. The molecule has 0 heterocycles. The monoisotopic (exact) mass is 234 g/mol. The fraction of sp³-hybridized carbons (Fsp3) is 1.00. The number of nitrogens with two attached hydrogens (primary N) is 1. The zero-order valence-corrected chi connectivity index (χ0v) is 10.4. The van der Waals surface area contributed by atoms with E-state index in [4.69, 9.17) is 5.73 Å². The summed E-state index contributed by atoms with van der Waals surface area (Å²) in [5.41, 5.74) is 5.38. The van der Waals surface area contributed by atoms with E-state index >= 15 is 0 Å². The number of sulfonamides is 1. The van der Waals surface area contributed by atoms with Crippen molar-refractivity contribution in [2.24, 2.45) is 11.7 Å². The van der Waals surface area contributed by atoms with Crippen molar-refractivity contribution in [1.82, 2.24) is 4.72 Å². The average Bonchev–Trinajstić information content (AvgIpc) is 2.20. The van der Waals surface area contributed by atoms with Crippen LogP contribution in [0.3, 0.4) is 0 Å². The van der Waals surface area contributed by atoms with Crippen molar-refractivity contribution >= 4 is 10.0 Å². The van der Waals surface area contributed by atoms with Gasteiger partial charge in [-0.15, -0.1) is 0 Å². The van der Waals surface area contributed by atoms with Crippen LogP contribution in [0.15, 0.2) is 0 Å². The SMILES string of the molecule is CC1CCCCC1NS(=O)(=O)C(C)CN. The van der Waals surface area contributed by atoms with Crippen molar-refractivity contribution < 1.29 is 8.42 Å². The lowest BCUT2D eigenvalue weighted by Crippen LogP contribution is -2.46. The smallest absolute Gasteiger partial charge is 0.215 e. The van der Waals surface area contributed by atoms with Gasteiger partial charge in [-0.05, 0) is 25.7 Å². The first-order valence-electron chi connectivity index (χ1n) is 5.68. The molecule has 0 aromatic carbocycles. The quantitative estimate of drug-likeness (QED) is 0.757. The van der Waals surface area contributed by atoms with E-state index in [9.17, 15) is 8.42 Å². The summed E-state index contributed by atoms with van der Waals surface area (Å²) in [4.78, 5) is 0. The lowest BCUT2D eigenvalue weighted by atomic mass is 9.87. The van der Waals surface area contributed by atoms with Gasteiger partial charge in [0.05, 0.1) is 5.25 Å². The van der Waals surface area contributed by atoms with Crippen LogP contribution < -0.4 is 10.5 Å². The molecule has 0 amide bonds. The minimum absolute atomic E-state index is 0.109. The molecule has 1 fully saturated rings. The van der Waals surface area contributed by atoms with Crippen LogP contribution in [0.1, 0.15) is 39.5 Å². The van der Waals surface area contributed by atoms with E-state index in [0.717, 1.165) is 19.3 Å². The third-order valence-electron chi connectivity index (χ3n) is 3.29. The van der Waals surface area contributed by atoms with E-state index in [1.165, 1.54) is 6.42 Å². The molecule has 0 aromatic heterocycles. The fourth-order valence-electron chi connectivity index (χ4n) is 1.95. The van der Waals surface area contributed by atoms with Crippen molar-refractivity contribution in [3.05, 3.63) is 0 Å². The first kappa shape index (κ1) is 12.9. The van der Waals surface area contributed by atoms with Gasteiger partial charge in [-0.25, -0.2) is 13.1 Å². The van der Waals surface area contributed by atoms with E-state index in [-0.39, 0.29) is 12.6 Å². The van der Waals surface area contributed by atoms with Crippen LogP contribution in [0.25, 0.3) is 0 Å². The largest absolute Gasteiger partial charge is 0.329 e. The van der Waals surface area contributed by atoms with Crippen molar-refractivity contribution in [1.29, 1.82) is 0 Å². The van der Waals surface area contributed by atoms with E-state index in [2.05, 4.69) is 11.6 Å². The molecule has 0 aliphatic heterocycles. The predicted octanol–water partition coefficient (Wildman–Crippen LogP) is 0.832. The summed E-state index contributed by atoms with van der Waals surface area (Å²) < 4.78 is 26.4. The summed E-state index contributed by atoms with van der Waals surface area (Å²) in [5.74, 6) is 0.443. The highest BCUT2D eigenvalue weighted by atomic mass is 32.2. The summed E-state index contributed by atoms with van der Waals surface area (Å²) in [6.07, 6.45) is 4.41. The summed E-state index contributed by atoms with van der Waals surface area (Å²) in [6, 6.07) is 0.109. The Morgan fingerprint density at radius 2 is 2.00 bits per heavy atom. The first-order chi connectivity index (χ1) is 6.97. The van der Waals surface area contributed by atoms with Gasteiger partial charge in [0.25, 0.3) is 0 Å². The molecule has 1 rings (SSSR count). The lowest BCUT2D eigenvalue weighted by Gasteiger charge is -2.30. The second-order valence-electron chi connectivity index (χ2n) is 4.58. The van der Waals surface area contributed by atoms with Crippen LogP contribution in [-0.4, -0.2) is 26.3 Å². The van der Waals surface area contributed by atoms with Gasteiger partial charge in [-0.3, -0.25) is 0 Å². The molecule has 3 unspecified atom stereocenters. The number of nitrogens with one attached hydrogen (secondary N) is 1. The molecule has 0 saturated heterocycles. The molecule has 90 valence electrons. The van der Waals surface area contributed by atoms with E-state index in [0.29, 0.717) is 5.92 Å². The highest BCUT2D eigenvalue weighted by Gasteiger charge is 2.28. The van der Waals surface area contributed by atoms with Gasteiger partial charge >= 0.3 is 0 Å². The van der Waals surface area contributed by atoms with Gasteiger partial charge in [-0.2, -0.15) is 0 Å². The molecule has 1 aliphatic carbocycles. The molecule has 1 aliphatic rings. The summed E-state index contributed by atoms with van der Waals surface area (Å²) in [5, 5.41) is -0.494. The number of hydrogen-bond acceptors (Lipinski definition) is 3. The van der Waals surface area contributed by atoms with Gasteiger partial charge in [0.2, 0.25) is 10.0 Å². The molecular formula is C10H22N2O2S. The Hall–Kier alpha value is -0.130. The van der Waals surface area contributed by atoms with Crippen LogP contribution in [0.5, 0.6) is 0 Å². The van der Waals surface area contributed by atoms with Crippen LogP contribution in [0.2, 0.25) is 0 Å². The summed E-state index contributed by atoms with van der Waals surface area (Å²) in [7, 11) is -3.22. The van der Waals surface area contributed by atoms with Crippen molar-refractivity contribution in [2.75, 3.05) is 6.54 Å². The third-order valence-corrected chi connectivity index (χ3v) is 5.17. The lowest BCUT2D eigenvalue weighted by molar-refractivity contribution is 0.310. The predicted molar refractivity (Wildman–Crippen MR) is 62.0 cm³/mol. The van der Waals surface area contributed by atoms with Crippen molar-refractivity contribution in [2.45, 2.75) is 50.8 Å². The number of hydrogen-bond donors (Lipinski definition) is 2. The van der Waals surface area contributed by atoms with Crippen LogP contribution in [0.4, 0.5) is 0 Å². The Bertz CT molecular complexity index is 290. The Balaban J connectivity index is 2.59. The third kappa shape index (κ3) is 3.43. The van der Waals surface area contributed by atoms with Crippen LogP contribution >= 0.6 is 0 Å². The maximum Gasteiger partial charge on any atom is 0.215 e. The molecule has 0 radical (unpaired) electrons. The minimum Gasteiger partial charge on any atom is -0.329 e. The minimum atomic E-state index is -3.22. The van der Waals surface area contributed by atoms with Gasteiger partial charge in [0, 0.05) is 12.6 Å². The van der Waals surface area contributed by atoms with Gasteiger partial charge in [0.15, 0.2) is 0 Å². The van der Waals surface area contributed by atoms with Crippen LogP contribution in [0, 0.1) is 5.92 Å². The standard InChI is InChI=1S/C10H22N2O2S/c1-8-5-3-4-6-10(8)12-15(13,14)9(2)7-11/h8-10,12H,3-7,11H2,1-2H3. The molecular weight excluding hydrogens is 212 g/mol. The highest BCUT2D eigenvalue weighted by molar-refractivity contribution is 7.90. The molecule has 1 saturated carbocycles. The first-order valence-corrected chi connectivity index (χ1v) is 7.23. The van der Waals surface area contributed by atoms with E-state index in [1.54, 1.807) is 6.92 Å². The zero-order valence-electron chi connectivity index (χ0n) is 9.57. The Morgan fingerprint density at radius 3 is 2.53 bits per heavy atom. The zero-order chi connectivity index (χ0) is 11.5. The van der Waals surface area contributed by atoms with Gasteiger partial charge in [-0.1, -0.05) is 19.8 Å². The molecule has 0 aromatic rings. The molecule has 3 atom stereocenters. The fourth-order valence-corrected chi connectivity index (χ4v) is 3.20. The van der Waals surface area contributed by atoms with Crippen LogP contribution in [-0.2, 0) is 10.0 Å². The molecule has 5 heteroatoms. The summed E-state index contributed by atoms with van der Waals surface area (Å²) >= 11 is 0. The molecule has 3 N–H and O–H groups in total. The number of rotatable bonds is 4. The Morgan fingerprint density at radius 1 is 1.40 bits per heavy atom. The second-order valence-corrected chi connectivity index (χ2v) is 6.71. The maximum atomic E-state index is 11.8. The van der Waals surface area contributed by atoms with Gasteiger partial charge < -0.3 is 5.73 Å². The van der Waals surface area contributed by atoms with Crippen molar-refractivity contribution in [3.8, 4) is 0 Å². The summed E-state index contributed by atoms with van der Waals surface area (Å²) in [6.45, 7) is 3.94. The van der Waals surface area contributed by atoms with Crippen molar-refractivity contribution in [3.63, 3.8) is 0 Å².